The molecule has 0 atom stereocenters. The fourth-order valence-electron chi connectivity index (χ4n) is 3.13. The summed E-state index contributed by atoms with van der Waals surface area (Å²) >= 11 is 1.25. The summed E-state index contributed by atoms with van der Waals surface area (Å²) in [6, 6.07) is 15.6. The fraction of sp³-hybridized carbons (Fsp3) is 0.0952. The zero-order chi connectivity index (χ0) is 21.3. The second-order valence-corrected chi connectivity index (χ2v) is 7.31. The average molecular weight is 420 g/mol. The Kier molecular flexibility index (Phi) is 5.11. The molecule has 0 fully saturated rings. The number of aromatic carboxylic acids is 1. The van der Waals surface area contributed by atoms with Crippen LogP contribution in [0.25, 0.3) is 10.8 Å². The van der Waals surface area contributed by atoms with Gasteiger partial charge < -0.3 is 5.11 Å². The third-order valence-corrected chi connectivity index (χ3v) is 5.32. The molecule has 0 radical (unpaired) electrons. The van der Waals surface area contributed by atoms with Gasteiger partial charge in [0, 0.05) is 17.7 Å². The monoisotopic (exact) mass is 420 g/mol. The summed E-state index contributed by atoms with van der Waals surface area (Å²) in [5, 5.41) is 16.3. The van der Waals surface area contributed by atoms with Crippen LogP contribution in [0.2, 0.25) is 0 Å². The topological polar surface area (TPSA) is 105 Å². The van der Waals surface area contributed by atoms with E-state index in [-0.39, 0.29) is 28.9 Å². The van der Waals surface area contributed by atoms with Crippen molar-refractivity contribution in [3.8, 4) is 0 Å². The van der Waals surface area contributed by atoms with Gasteiger partial charge in [0.15, 0.2) is 10.8 Å². The number of hydrogen-bond acceptors (Lipinski definition) is 6. The Morgan fingerprint density at radius 2 is 1.73 bits per heavy atom. The molecule has 2 aromatic heterocycles. The molecule has 9 heteroatoms. The number of aromatic nitrogens is 3. The molecule has 2 aromatic carbocycles. The highest BCUT2D eigenvalue weighted by molar-refractivity contribution is 7.14. The largest absolute Gasteiger partial charge is 0.476 e. The highest BCUT2D eigenvalue weighted by atomic mass is 32.1. The Morgan fingerprint density at radius 3 is 2.40 bits per heavy atom. The van der Waals surface area contributed by atoms with Crippen LogP contribution >= 0.6 is 11.3 Å². The van der Waals surface area contributed by atoms with E-state index >= 15 is 0 Å². The van der Waals surface area contributed by atoms with Gasteiger partial charge in [0.2, 0.25) is 5.91 Å². The average Bonchev–Trinajstić information content (AvgIpc) is 3.18. The lowest BCUT2D eigenvalue weighted by Crippen LogP contribution is -2.27. The molecular formula is C21H16N4O4S. The first-order valence-electron chi connectivity index (χ1n) is 8.99. The van der Waals surface area contributed by atoms with Crippen molar-refractivity contribution in [3.05, 3.63) is 81.7 Å². The minimum Gasteiger partial charge on any atom is -0.476 e. The van der Waals surface area contributed by atoms with Crippen molar-refractivity contribution in [3.63, 3.8) is 0 Å². The van der Waals surface area contributed by atoms with E-state index in [1.54, 1.807) is 41.8 Å². The number of carboxylic acid groups (broad SMARTS) is 1. The number of hydrogen-bond donors (Lipinski definition) is 1. The van der Waals surface area contributed by atoms with Gasteiger partial charge >= 0.3 is 5.97 Å². The molecule has 0 aliphatic heterocycles. The molecule has 8 nitrogen and oxygen atoms in total. The van der Waals surface area contributed by atoms with Crippen molar-refractivity contribution in [1.82, 2.24) is 14.8 Å². The van der Waals surface area contributed by atoms with E-state index in [0.29, 0.717) is 16.5 Å². The van der Waals surface area contributed by atoms with Crippen LogP contribution in [0.3, 0.4) is 0 Å². The van der Waals surface area contributed by atoms with Gasteiger partial charge in [0.05, 0.1) is 23.3 Å². The van der Waals surface area contributed by atoms with E-state index in [1.807, 2.05) is 18.2 Å². The molecule has 4 aromatic rings. The summed E-state index contributed by atoms with van der Waals surface area (Å²) in [5.74, 6) is -1.41. The van der Waals surface area contributed by atoms with Gasteiger partial charge in [-0.3, -0.25) is 14.5 Å². The van der Waals surface area contributed by atoms with Crippen LogP contribution in [0.4, 0.5) is 10.8 Å². The highest BCUT2D eigenvalue weighted by Crippen LogP contribution is 2.28. The number of carboxylic acids is 1. The normalized spacial score (nSPS) is 10.8. The molecule has 0 saturated heterocycles. The minimum atomic E-state index is -1.22. The van der Waals surface area contributed by atoms with Gasteiger partial charge in [-0.2, -0.15) is 5.10 Å². The first-order chi connectivity index (χ1) is 14.5. The number of rotatable bonds is 5. The predicted molar refractivity (Wildman–Crippen MR) is 113 cm³/mol. The summed E-state index contributed by atoms with van der Waals surface area (Å²) < 4.78 is 1.09. The molecule has 1 N–H and O–H groups in total. The summed E-state index contributed by atoms with van der Waals surface area (Å²) in [6.07, 6.45) is 0. The van der Waals surface area contributed by atoms with Crippen LogP contribution < -0.4 is 10.5 Å². The van der Waals surface area contributed by atoms with Crippen LogP contribution in [0.5, 0.6) is 0 Å². The number of fused-ring (bicyclic) bond motifs is 1. The predicted octanol–water partition coefficient (Wildman–Crippen LogP) is 3.28. The SMILES string of the molecule is CC(=O)N(c1ccccc1)c1nc(Cn2nc(C(=O)O)c3ccccc3c2=O)cs1. The first kappa shape index (κ1) is 19.5. The molecule has 0 unspecified atom stereocenters. The number of thiazole rings is 1. The minimum absolute atomic E-state index is 0.0129. The maximum absolute atomic E-state index is 12.8. The number of nitrogens with zero attached hydrogens (tertiary/aromatic N) is 4. The van der Waals surface area contributed by atoms with Gasteiger partial charge in [-0.15, -0.1) is 11.3 Å². The van der Waals surface area contributed by atoms with E-state index < -0.39 is 11.5 Å². The lowest BCUT2D eigenvalue weighted by molar-refractivity contribution is -0.115. The molecule has 4 rings (SSSR count). The molecule has 0 aliphatic rings. The van der Waals surface area contributed by atoms with Gasteiger partial charge in [-0.05, 0) is 18.2 Å². The van der Waals surface area contributed by atoms with Crippen LogP contribution in [-0.4, -0.2) is 31.7 Å². The number of carbonyl (C=O) groups excluding carboxylic acids is 1. The Hall–Kier alpha value is -3.85. The molecule has 1 amide bonds. The Morgan fingerprint density at radius 1 is 1.07 bits per heavy atom. The molecule has 30 heavy (non-hydrogen) atoms. The van der Waals surface area contributed by atoms with Crippen molar-refractivity contribution in [1.29, 1.82) is 0 Å². The van der Waals surface area contributed by atoms with Crippen LogP contribution in [0.15, 0.2) is 64.8 Å². The Balaban J connectivity index is 1.73. The number of amides is 1. The molecule has 150 valence electrons. The summed E-state index contributed by atoms with van der Waals surface area (Å²) in [5.41, 5.74) is 0.574. The lowest BCUT2D eigenvalue weighted by atomic mass is 10.1. The number of benzene rings is 2. The van der Waals surface area contributed by atoms with Crippen LogP contribution in [-0.2, 0) is 11.3 Å². The quantitative estimate of drug-likeness (QED) is 0.531. The first-order valence-corrected chi connectivity index (χ1v) is 9.87. The number of para-hydroxylation sites is 1. The van der Waals surface area contributed by atoms with Gasteiger partial charge in [0.1, 0.15) is 0 Å². The van der Waals surface area contributed by atoms with Crippen molar-refractivity contribution in [2.75, 3.05) is 4.90 Å². The fourth-order valence-corrected chi connectivity index (χ4v) is 4.01. The zero-order valence-electron chi connectivity index (χ0n) is 15.8. The van der Waals surface area contributed by atoms with Gasteiger partial charge in [-0.1, -0.05) is 36.4 Å². The molecule has 2 heterocycles. The van der Waals surface area contributed by atoms with Crippen molar-refractivity contribution < 1.29 is 14.7 Å². The van der Waals surface area contributed by atoms with Gasteiger partial charge in [0.25, 0.3) is 5.56 Å². The number of carbonyl (C=O) groups is 2. The van der Waals surface area contributed by atoms with E-state index in [0.717, 1.165) is 4.68 Å². The van der Waals surface area contributed by atoms with E-state index in [4.69, 9.17) is 0 Å². The molecule has 0 spiro atoms. The van der Waals surface area contributed by atoms with Crippen molar-refractivity contribution in [2.45, 2.75) is 13.5 Å². The molecular weight excluding hydrogens is 404 g/mol. The van der Waals surface area contributed by atoms with E-state index in [9.17, 15) is 19.5 Å². The third kappa shape index (κ3) is 3.58. The standard InChI is InChI=1S/C21H16N4O4S/c1-13(26)25(15-7-3-2-4-8-15)21-22-14(12-30-21)11-24-19(27)17-10-6-5-9-16(17)18(23-24)20(28)29/h2-10,12H,11H2,1H3,(H,28,29). The smallest absolute Gasteiger partial charge is 0.357 e. The highest BCUT2D eigenvalue weighted by Gasteiger charge is 2.19. The van der Waals surface area contributed by atoms with Crippen molar-refractivity contribution in [2.24, 2.45) is 0 Å². The second kappa shape index (κ2) is 7.88. The summed E-state index contributed by atoms with van der Waals surface area (Å²) in [4.78, 5) is 42.6. The molecule has 0 bridgehead atoms. The lowest BCUT2D eigenvalue weighted by Gasteiger charge is -2.17. The third-order valence-electron chi connectivity index (χ3n) is 4.44. The molecule has 0 saturated carbocycles. The second-order valence-electron chi connectivity index (χ2n) is 6.47. The van der Waals surface area contributed by atoms with Crippen molar-refractivity contribution >= 4 is 44.8 Å². The zero-order valence-corrected chi connectivity index (χ0v) is 16.7. The van der Waals surface area contributed by atoms with E-state index in [2.05, 4.69) is 10.1 Å². The summed E-state index contributed by atoms with van der Waals surface area (Å²) in [6.45, 7) is 1.43. The Bertz CT molecular complexity index is 1310. The van der Waals surface area contributed by atoms with Crippen LogP contribution in [0, 0.1) is 0 Å². The maximum atomic E-state index is 12.8. The van der Waals surface area contributed by atoms with E-state index in [1.165, 1.54) is 23.2 Å². The maximum Gasteiger partial charge on any atom is 0.357 e. The molecule has 0 aliphatic carbocycles. The van der Waals surface area contributed by atoms with Crippen LogP contribution in [0.1, 0.15) is 23.1 Å². The Labute approximate surface area is 174 Å². The number of anilines is 2. The van der Waals surface area contributed by atoms with Gasteiger partial charge in [-0.25, -0.2) is 14.5 Å². The summed E-state index contributed by atoms with van der Waals surface area (Å²) in [7, 11) is 0.